The molecule has 0 fully saturated rings. The highest BCUT2D eigenvalue weighted by molar-refractivity contribution is 7.98. The SMILES string of the molecule is CSCCCCCCNCc1ncccn1. The molecule has 0 spiro atoms. The molecule has 1 rings (SSSR count). The average Bonchev–Trinajstić information content (AvgIpc) is 2.34. The molecule has 0 aliphatic heterocycles. The lowest BCUT2D eigenvalue weighted by molar-refractivity contribution is 0.588. The summed E-state index contributed by atoms with van der Waals surface area (Å²) >= 11 is 1.94. The van der Waals surface area contributed by atoms with Crippen LogP contribution in [-0.4, -0.2) is 28.5 Å². The fraction of sp³-hybridized carbons (Fsp3) is 0.667. The summed E-state index contributed by atoms with van der Waals surface area (Å²) in [6, 6.07) is 1.84. The van der Waals surface area contributed by atoms with Crippen molar-refractivity contribution in [3.05, 3.63) is 24.3 Å². The molecule has 0 aromatic carbocycles. The van der Waals surface area contributed by atoms with Gasteiger partial charge >= 0.3 is 0 Å². The normalized spacial score (nSPS) is 10.6. The predicted octanol–water partition coefficient (Wildman–Crippen LogP) is 2.49. The highest BCUT2D eigenvalue weighted by atomic mass is 32.2. The molecule has 16 heavy (non-hydrogen) atoms. The van der Waals surface area contributed by atoms with Gasteiger partial charge in [0.05, 0.1) is 6.54 Å². The molecule has 0 radical (unpaired) electrons. The summed E-state index contributed by atoms with van der Waals surface area (Å²) in [5, 5.41) is 3.36. The molecule has 3 nitrogen and oxygen atoms in total. The van der Waals surface area contributed by atoms with Crippen LogP contribution in [0.5, 0.6) is 0 Å². The van der Waals surface area contributed by atoms with Gasteiger partial charge in [-0.25, -0.2) is 9.97 Å². The second kappa shape index (κ2) is 9.60. The Morgan fingerprint density at radius 2 is 1.88 bits per heavy atom. The van der Waals surface area contributed by atoms with E-state index >= 15 is 0 Å². The van der Waals surface area contributed by atoms with E-state index in [9.17, 15) is 0 Å². The maximum absolute atomic E-state index is 4.16. The van der Waals surface area contributed by atoms with E-state index in [0.29, 0.717) is 0 Å². The first-order valence-electron chi connectivity index (χ1n) is 5.89. The zero-order valence-electron chi connectivity index (χ0n) is 9.98. The van der Waals surface area contributed by atoms with Crippen molar-refractivity contribution < 1.29 is 0 Å². The van der Waals surface area contributed by atoms with Gasteiger partial charge in [-0.1, -0.05) is 12.8 Å². The first-order chi connectivity index (χ1) is 7.93. The second-order valence-corrected chi connectivity index (χ2v) is 4.73. The fourth-order valence-electron chi connectivity index (χ4n) is 1.47. The number of nitrogens with zero attached hydrogens (tertiary/aromatic N) is 2. The van der Waals surface area contributed by atoms with Crippen LogP contribution < -0.4 is 5.32 Å². The maximum Gasteiger partial charge on any atom is 0.141 e. The van der Waals surface area contributed by atoms with E-state index in [2.05, 4.69) is 21.5 Å². The monoisotopic (exact) mass is 239 g/mol. The number of hydrogen-bond donors (Lipinski definition) is 1. The number of nitrogens with one attached hydrogen (secondary N) is 1. The van der Waals surface area contributed by atoms with Crippen molar-refractivity contribution in [3.8, 4) is 0 Å². The first-order valence-corrected chi connectivity index (χ1v) is 7.28. The van der Waals surface area contributed by atoms with Crippen molar-refractivity contribution in [2.24, 2.45) is 0 Å². The van der Waals surface area contributed by atoms with E-state index in [-0.39, 0.29) is 0 Å². The Hall–Kier alpha value is -0.610. The van der Waals surface area contributed by atoms with E-state index < -0.39 is 0 Å². The molecule has 90 valence electrons. The van der Waals surface area contributed by atoms with Gasteiger partial charge < -0.3 is 5.32 Å². The molecule has 0 saturated heterocycles. The summed E-state index contributed by atoms with van der Waals surface area (Å²) < 4.78 is 0. The van der Waals surface area contributed by atoms with Gasteiger partial charge in [0.25, 0.3) is 0 Å². The molecule has 0 amide bonds. The average molecular weight is 239 g/mol. The standard InChI is InChI=1S/C12H21N3S/c1-16-10-5-3-2-4-7-13-11-12-14-8-6-9-15-12/h6,8-9,13H,2-5,7,10-11H2,1H3. The smallest absolute Gasteiger partial charge is 0.141 e. The Balaban J connectivity index is 1.89. The quantitative estimate of drug-likeness (QED) is 0.672. The third-order valence-corrected chi connectivity index (χ3v) is 3.05. The molecule has 1 aromatic heterocycles. The van der Waals surface area contributed by atoms with Crippen molar-refractivity contribution in [1.82, 2.24) is 15.3 Å². The summed E-state index contributed by atoms with van der Waals surface area (Å²) in [6.07, 6.45) is 11.0. The van der Waals surface area contributed by atoms with E-state index in [4.69, 9.17) is 0 Å². The highest BCUT2D eigenvalue weighted by Gasteiger charge is 1.93. The molecule has 0 unspecified atom stereocenters. The molecule has 0 bridgehead atoms. The lowest BCUT2D eigenvalue weighted by Crippen LogP contribution is -2.16. The lowest BCUT2D eigenvalue weighted by atomic mass is 10.2. The Bertz CT molecular complexity index is 254. The molecule has 0 saturated carbocycles. The van der Waals surface area contributed by atoms with Gasteiger partial charge in [0.1, 0.15) is 5.82 Å². The highest BCUT2D eigenvalue weighted by Crippen LogP contribution is 2.03. The van der Waals surface area contributed by atoms with E-state index in [1.165, 1.54) is 31.4 Å². The Labute approximate surface area is 102 Å². The van der Waals surface area contributed by atoms with Crippen molar-refractivity contribution in [2.45, 2.75) is 32.2 Å². The van der Waals surface area contributed by atoms with Crippen molar-refractivity contribution >= 4 is 11.8 Å². The summed E-state index contributed by atoms with van der Waals surface area (Å²) in [4.78, 5) is 8.32. The van der Waals surface area contributed by atoms with Gasteiger partial charge in [0.15, 0.2) is 0 Å². The van der Waals surface area contributed by atoms with Crippen LogP contribution >= 0.6 is 11.8 Å². The largest absolute Gasteiger partial charge is 0.310 e. The minimum absolute atomic E-state index is 0.783. The van der Waals surface area contributed by atoms with Crippen molar-refractivity contribution in [2.75, 3.05) is 18.6 Å². The van der Waals surface area contributed by atoms with Crippen LogP contribution in [0.4, 0.5) is 0 Å². The lowest BCUT2D eigenvalue weighted by Gasteiger charge is -2.03. The molecule has 0 atom stereocenters. The first kappa shape index (κ1) is 13.5. The van der Waals surface area contributed by atoms with Crippen LogP contribution in [0.15, 0.2) is 18.5 Å². The van der Waals surface area contributed by atoms with Crippen LogP contribution in [0.2, 0.25) is 0 Å². The Kier molecular flexibility index (Phi) is 8.08. The van der Waals surface area contributed by atoms with Crippen molar-refractivity contribution in [1.29, 1.82) is 0 Å². The van der Waals surface area contributed by atoms with Crippen LogP contribution in [0.3, 0.4) is 0 Å². The summed E-state index contributed by atoms with van der Waals surface area (Å²) in [5.41, 5.74) is 0. The number of thioether (sulfide) groups is 1. The molecule has 1 heterocycles. The summed E-state index contributed by atoms with van der Waals surface area (Å²) in [7, 11) is 0. The number of aromatic nitrogens is 2. The molecule has 0 aliphatic carbocycles. The van der Waals surface area contributed by atoms with E-state index in [0.717, 1.165) is 18.9 Å². The van der Waals surface area contributed by atoms with Crippen LogP contribution in [-0.2, 0) is 6.54 Å². The van der Waals surface area contributed by atoms with E-state index in [1.54, 1.807) is 12.4 Å². The van der Waals surface area contributed by atoms with Gasteiger partial charge in [-0.05, 0) is 37.5 Å². The molecular formula is C12H21N3S. The molecular weight excluding hydrogens is 218 g/mol. The number of hydrogen-bond acceptors (Lipinski definition) is 4. The Morgan fingerprint density at radius 3 is 2.62 bits per heavy atom. The van der Waals surface area contributed by atoms with Gasteiger partial charge in [-0.15, -0.1) is 0 Å². The molecule has 1 N–H and O–H groups in total. The predicted molar refractivity (Wildman–Crippen MR) is 70.6 cm³/mol. The Morgan fingerprint density at radius 1 is 1.12 bits per heavy atom. The molecule has 1 aromatic rings. The van der Waals surface area contributed by atoms with Crippen LogP contribution in [0.1, 0.15) is 31.5 Å². The summed E-state index contributed by atoms with van der Waals surface area (Å²) in [6.45, 7) is 1.85. The van der Waals surface area contributed by atoms with Crippen LogP contribution in [0, 0.1) is 0 Å². The van der Waals surface area contributed by atoms with Crippen LogP contribution in [0.25, 0.3) is 0 Å². The third kappa shape index (κ3) is 6.80. The van der Waals surface area contributed by atoms with Crippen molar-refractivity contribution in [3.63, 3.8) is 0 Å². The third-order valence-electron chi connectivity index (χ3n) is 2.35. The molecule has 4 heteroatoms. The fourth-order valence-corrected chi connectivity index (χ4v) is 1.96. The van der Waals surface area contributed by atoms with E-state index in [1.807, 2.05) is 17.8 Å². The van der Waals surface area contributed by atoms with Gasteiger partial charge in [0.2, 0.25) is 0 Å². The van der Waals surface area contributed by atoms with Gasteiger partial charge in [-0.2, -0.15) is 11.8 Å². The maximum atomic E-state index is 4.16. The number of rotatable bonds is 9. The second-order valence-electron chi connectivity index (χ2n) is 3.75. The topological polar surface area (TPSA) is 37.8 Å². The minimum Gasteiger partial charge on any atom is -0.310 e. The minimum atomic E-state index is 0.783. The zero-order chi connectivity index (χ0) is 11.5. The van der Waals surface area contributed by atoms with Gasteiger partial charge in [-0.3, -0.25) is 0 Å². The zero-order valence-corrected chi connectivity index (χ0v) is 10.8. The molecule has 0 aliphatic rings. The number of unbranched alkanes of at least 4 members (excludes halogenated alkanes) is 3. The summed E-state index contributed by atoms with van der Waals surface area (Å²) in [5.74, 6) is 2.18. The van der Waals surface area contributed by atoms with Gasteiger partial charge in [0, 0.05) is 12.4 Å².